The summed E-state index contributed by atoms with van der Waals surface area (Å²) in [6, 6.07) is 12.2. The van der Waals surface area contributed by atoms with Crippen molar-refractivity contribution in [3.8, 4) is 0 Å². The summed E-state index contributed by atoms with van der Waals surface area (Å²) in [4.78, 5) is 95.7. The van der Waals surface area contributed by atoms with Crippen LogP contribution in [-0.2, 0) is 19.2 Å². The second-order valence-electron chi connectivity index (χ2n) is 16.8. The molecule has 5 aliphatic heterocycles. The predicted octanol–water partition coefficient (Wildman–Crippen LogP) is 4.09. The Morgan fingerprint density at radius 1 is 0.739 bits per heavy atom. The summed E-state index contributed by atoms with van der Waals surface area (Å²) < 4.78 is 0. The lowest BCUT2D eigenvalue weighted by molar-refractivity contribution is -0.134. The number of nitrogens with one attached hydrogen (secondary N) is 3. The maximum Gasteiger partial charge on any atom is 0.328 e. The number of benzene rings is 1. The Morgan fingerprint density at radius 2 is 1.36 bits per heavy atom. The third-order valence-corrected chi connectivity index (χ3v) is 11.9. The van der Waals surface area contributed by atoms with Gasteiger partial charge in [-0.15, -0.1) is 0 Å². The molecular weight excluding hydrogens is 889 g/mol. The van der Waals surface area contributed by atoms with Gasteiger partial charge in [0.1, 0.15) is 11.5 Å². The normalized spacial score (nSPS) is 17.6. The number of urea groups is 1. The van der Waals surface area contributed by atoms with Crippen LogP contribution < -0.4 is 37.2 Å². The quantitative estimate of drug-likeness (QED) is 0.105. The van der Waals surface area contributed by atoms with E-state index in [0.717, 1.165) is 115 Å². The molecule has 0 bridgehead atoms. The molecule has 7 heterocycles. The number of rotatable bonds is 11. The summed E-state index contributed by atoms with van der Waals surface area (Å²) in [6.45, 7) is 12.9. The van der Waals surface area contributed by atoms with Crippen molar-refractivity contribution in [1.29, 1.82) is 0 Å². The topological polar surface area (TPSA) is 300 Å². The van der Waals surface area contributed by atoms with Crippen LogP contribution >= 0.6 is 0 Å². The minimum Gasteiger partial charge on any atom is -0.478 e. The van der Waals surface area contributed by atoms with Gasteiger partial charge in [-0.3, -0.25) is 24.5 Å². The largest absolute Gasteiger partial charge is 0.478 e. The third-order valence-electron chi connectivity index (χ3n) is 11.9. The van der Waals surface area contributed by atoms with E-state index in [9.17, 15) is 33.6 Å². The molecule has 21 nitrogen and oxygen atoms in total. The van der Waals surface area contributed by atoms with Crippen LogP contribution in [0, 0.1) is 5.92 Å². The minimum atomic E-state index is -1.26. The Kier molecular flexibility index (Phi) is 22.3. The van der Waals surface area contributed by atoms with Crippen molar-refractivity contribution >= 4 is 64.6 Å². The maximum atomic E-state index is 12.1. The minimum absolute atomic E-state index is 0.0417. The van der Waals surface area contributed by atoms with E-state index in [-0.39, 0.29) is 23.5 Å². The molecule has 8 rings (SSSR count). The number of likely N-dealkylation sites (tertiary alicyclic amines) is 1. The van der Waals surface area contributed by atoms with Crippen molar-refractivity contribution in [2.24, 2.45) is 17.4 Å². The molecule has 69 heavy (non-hydrogen) atoms. The molecule has 21 heteroatoms. The maximum absolute atomic E-state index is 12.1. The third kappa shape index (κ3) is 18.5. The van der Waals surface area contributed by atoms with Crippen molar-refractivity contribution in [1.82, 2.24) is 35.4 Å². The van der Waals surface area contributed by atoms with E-state index in [0.29, 0.717) is 54.8 Å². The number of primary amides is 2. The number of imide groups is 1. The van der Waals surface area contributed by atoms with Gasteiger partial charge in [-0.05, 0) is 106 Å². The molecule has 1 aromatic carbocycles. The summed E-state index contributed by atoms with van der Waals surface area (Å²) in [5.74, 6) is -1.44. The van der Waals surface area contributed by atoms with Crippen LogP contribution in [0.4, 0.5) is 27.8 Å². The number of anilines is 4. The van der Waals surface area contributed by atoms with Crippen LogP contribution in [0.1, 0.15) is 111 Å². The van der Waals surface area contributed by atoms with Gasteiger partial charge in [0.2, 0.25) is 11.8 Å². The van der Waals surface area contributed by atoms with Crippen molar-refractivity contribution in [3.05, 3.63) is 77.9 Å². The van der Waals surface area contributed by atoms with E-state index in [1.54, 1.807) is 30.4 Å². The standard InChI is InChI=1S/C33H43N9O2.C5H7NO2.C4H8N2O.C4H4O4.C2H6/c34-31(43)28-9-8-27(20-36-28)41-18-10-23(11-19-41)22-40-16-12-25(13-17-40)24-4-6-26(7-5-24)38-33-30(32(35)44)37-21-29(39-33)42-14-2-1-3-15-42;7-4-2-1-3-5(8)6-4;1-6-3-2-5-4(6)7;5-3(6)1-2-4(7)8;1-2/h4-9,20-21,23,25H,1-3,10-19,22H2,(H2,34,43)(H2,35,44)(H,38,39);1-3H2,(H,6,7,8);2-3H2,1H3,(H,5,7);1-2H,(H,5,6)(H,7,8);1-2H3/b;;;2-1+;. The number of hydrogen-bond acceptors (Lipinski definition) is 14. The summed E-state index contributed by atoms with van der Waals surface area (Å²) in [5, 5.41) is 23.8. The Balaban J connectivity index is 0.000000336. The number of carbonyl (C=O) groups is 7. The molecule has 6 amide bonds. The Labute approximate surface area is 403 Å². The lowest BCUT2D eigenvalue weighted by Gasteiger charge is -2.38. The fraction of sp³-hybridized carbons (Fsp3) is 0.500. The number of hydrogen-bond donors (Lipinski definition) is 7. The second kappa shape index (κ2) is 28.2. The average molecular weight is 957 g/mol. The first-order chi connectivity index (χ1) is 33.1. The Bertz CT molecular complexity index is 2170. The molecule has 9 N–H and O–H groups in total. The highest BCUT2D eigenvalue weighted by atomic mass is 16.4. The van der Waals surface area contributed by atoms with Crippen LogP contribution in [-0.4, -0.2) is 143 Å². The van der Waals surface area contributed by atoms with Crippen LogP contribution in [0.15, 0.2) is 60.9 Å². The molecule has 5 aliphatic rings. The van der Waals surface area contributed by atoms with Gasteiger partial charge in [0.15, 0.2) is 11.5 Å². The van der Waals surface area contributed by atoms with E-state index >= 15 is 0 Å². The van der Waals surface area contributed by atoms with E-state index in [1.807, 2.05) is 19.9 Å². The zero-order chi connectivity index (χ0) is 50.3. The molecule has 0 unspecified atom stereocenters. The lowest BCUT2D eigenvalue weighted by Crippen LogP contribution is -2.41. The molecular formula is C48H68N12O9. The smallest absolute Gasteiger partial charge is 0.328 e. The number of carboxylic acids is 2. The number of piperidine rings is 4. The van der Waals surface area contributed by atoms with Gasteiger partial charge in [-0.25, -0.2) is 29.3 Å². The molecule has 0 spiro atoms. The monoisotopic (exact) mass is 957 g/mol. The molecule has 5 fully saturated rings. The highest BCUT2D eigenvalue weighted by molar-refractivity contribution is 5.97. The summed E-state index contributed by atoms with van der Waals surface area (Å²) in [5.41, 5.74) is 14.7. The first kappa shape index (κ1) is 54.4. The number of nitrogens with zero attached hydrogens (tertiary/aromatic N) is 7. The molecule has 3 aromatic rings. The zero-order valence-corrected chi connectivity index (χ0v) is 39.9. The molecule has 0 aliphatic carbocycles. The van der Waals surface area contributed by atoms with Crippen molar-refractivity contribution in [2.75, 3.05) is 81.1 Å². The molecule has 2 aromatic heterocycles. The first-order valence-electron chi connectivity index (χ1n) is 23.6. The lowest BCUT2D eigenvalue weighted by atomic mass is 9.88. The van der Waals surface area contributed by atoms with Gasteiger partial charge in [-0.1, -0.05) is 26.0 Å². The van der Waals surface area contributed by atoms with E-state index in [4.69, 9.17) is 26.7 Å². The van der Waals surface area contributed by atoms with Gasteiger partial charge in [0, 0.05) is 83.5 Å². The van der Waals surface area contributed by atoms with Gasteiger partial charge in [0.25, 0.3) is 11.8 Å². The highest BCUT2D eigenvalue weighted by Crippen LogP contribution is 2.32. The van der Waals surface area contributed by atoms with Crippen molar-refractivity contribution in [3.63, 3.8) is 0 Å². The zero-order valence-electron chi connectivity index (χ0n) is 39.9. The van der Waals surface area contributed by atoms with Crippen molar-refractivity contribution in [2.45, 2.75) is 84.0 Å². The number of nitrogens with two attached hydrogens (primary N) is 2. The van der Waals surface area contributed by atoms with Gasteiger partial charge in [0.05, 0.1) is 18.1 Å². The SMILES string of the molecule is CC.CN1CCNC1=O.NC(=O)c1ccc(N2CCC(CN3CCC(c4ccc(Nc5nc(N6CCCCC6)cnc5C(N)=O)cc4)CC3)CC2)cn1.O=C(O)/C=C/C(=O)O.O=C1CCCC(=O)N1. The number of carbonyl (C=O) groups excluding carboxylic acids is 5. The number of likely N-dealkylation sites (N-methyl/N-ethyl adjacent to an activating group) is 1. The van der Waals surface area contributed by atoms with Crippen LogP contribution in [0.5, 0.6) is 0 Å². The molecule has 374 valence electrons. The van der Waals surface area contributed by atoms with Crippen molar-refractivity contribution < 1.29 is 43.8 Å². The fourth-order valence-corrected chi connectivity index (χ4v) is 8.20. The van der Waals surface area contributed by atoms with E-state index < -0.39 is 23.8 Å². The first-order valence-corrected chi connectivity index (χ1v) is 23.6. The van der Waals surface area contributed by atoms with Crippen LogP contribution in [0.25, 0.3) is 0 Å². The number of aliphatic carboxylic acids is 2. The number of pyridine rings is 1. The van der Waals surface area contributed by atoms with E-state index in [2.05, 4.69) is 64.9 Å². The summed E-state index contributed by atoms with van der Waals surface area (Å²) >= 11 is 0. The van der Waals surface area contributed by atoms with E-state index in [1.165, 1.54) is 12.0 Å². The number of carboxylic acid groups (broad SMARTS) is 2. The highest BCUT2D eigenvalue weighted by Gasteiger charge is 2.26. The average Bonchev–Trinajstić information content (AvgIpc) is 3.73. The van der Waals surface area contributed by atoms with Gasteiger partial charge >= 0.3 is 18.0 Å². The van der Waals surface area contributed by atoms with Crippen LogP contribution in [0.3, 0.4) is 0 Å². The summed E-state index contributed by atoms with van der Waals surface area (Å²) in [6.07, 6.45) is 14.4. The molecule has 0 atom stereocenters. The number of aromatic nitrogens is 3. The molecule has 0 saturated carbocycles. The molecule has 5 saturated heterocycles. The Morgan fingerprint density at radius 3 is 1.83 bits per heavy atom. The number of amides is 6. The van der Waals surface area contributed by atoms with Gasteiger partial charge < -0.3 is 51.9 Å². The molecule has 0 radical (unpaired) electrons. The predicted molar refractivity (Wildman–Crippen MR) is 261 cm³/mol. The van der Waals surface area contributed by atoms with Gasteiger partial charge in [-0.2, -0.15) is 0 Å². The summed E-state index contributed by atoms with van der Waals surface area (Å²) in [7, 11) is 1.78. The fourth-order valence-electron chi connectivity index (χ4n) is 8.20. The second-order valence-corrected chi connectivity index (χ2v) is 16.8. The van der Waals surface area contributed by atoms with Crippen LogP contribution in [0.2, 0.25) is 0 Å². The Hall–Kier alpha value is -7.16.